The normalized spacial score (nSPS) is 10.3. The second-order valence-electron chi connectivity index (χ2n) is 5.44. The first-order chi connectivity index (χ1) is 11.3. The number of rotatable bonds is 6. The summed E-state index contributed by atoms with van der Waals surface area (Å²) in [7, 11) is 0. The first kappa shape index (κ1) is 15.0. The Morgan fingerprint density at radius 3 is 2.09 bits per heavy atom. The van der Waals surface area contributed by atoms with Crippen molar-refractivity contribution in [1.29, 1.82) is 5.41 Å². The minimum atomic E-state index is 0.538. The molecule has 1 N–H and O–H groups in total. The highest BCUT2D eigenvalue weighted by Gasteiger charge is 2.05. The molecular weight excluding hydrogens is 282 g/mol. The van der Waals surface area contributed by atoms with Crippen molar-refractivity contribution in [3.05, 3.63) is 102 Å². The SMILES string of the molecule is N=C(Cc1ccccc1)c1cccc(OCc2ccccc2)c1. The van der Waals surface area contributed by atoms with Crippen molar-refractivity contribution < 1.29 is 4.74 Å². The maximum absolute atomic E-state index is 8.30. The first-order valence-electron chi connectivity index (χ1n) is 7.70. The summed E-state index contributed by atoms with van der Waals surface area (Å²) in [5.41, 5.74) is 3.78. The number of nitrogens with one attached hydrogen (secondary N) is 1. The van der Waals surface area contributed by atoms with E-state index in [1.807, 2.05) is 84.9 Å². The molecular formula is C21H19NO. The van der Waals surface area contributed by atoms with Crippen molar-refractivity contribution in [3.63, 3.8) is 0 Å². The Morgan fingerprint density at radius 2 is 1.39 bits per heavy atom. The molecule has 0 aliphatic rings. The molecule has 0 fully saturated rings. The molecule has 0 heterocycles. The zero-order valence-corrected chi connectivity index (χ0v) is 12.9. The average molecular weight is 301 g/mol. The predicted molar refractivity (Wildman–Crippen MR) is 94.2 cm³/mol. The van der Waals surface area contributed by atoms with Crippen LogP contribution in [0.4, 0.5) is 0 Å². The van der Waals surface area contributed by atoms with Crippen molar-refractivity contribution in [2.75, 3.05) is 0 Å². The molecule has 2 nitrogen and oxygen atoms in total. The Hall–Kier alpha value is -2.87. The molecule has 0 saturated heterocycles. The van der Waals surface area contributed by atoms with Gasteiger partial charge in [0.1, 0.15) is 12.4 Å². The van der Waals surface area contributed by atoms with Crippen LogP contribution in [0.3, 0.4) is 0 Å². The van der Waals surface area contributed by atoms with Crippen LogP contribution in [0.1, 0.15) is 16.7 Å². The molecule has 0 saturated carbocycles. The van der Waals surface area contributed by atoms with E-state index < -0.39 is 0 Å². The highest BCUT2D eigenvalue weighted by atomic mass is 16.5. The minimum absolute atomic E-state index is 0.538. The third-order valence-corrected chi connectivity index (χ3v) is 3.65. The Morgan fingerprint density at radius 1 is 0.739 bits per heavy atom. The van der Waals surface area contributed by atoms with E-state index in [1.54, 1.807) is 0 Å². The molecule has 0 unspecified atom stereocenters. The number of hydrogen-bond acceptors (Lipinski definition) is 2. The molecule has 0 aromatic heterocycles. The minimum Gasteiger partial charge on any atom is -0.489 e. The summed E-state index contributed by atoms with van der Waals surface area (Å²) in [6.07, 6.45) is 0.628. The average Bonchev–Trinajstić information content (AvgIpc) is 2.62. The number of benzene rings is 3. The fourth-order valence-electron chi connectivity index (χ4n) is 2.42. The first-order valence-corrected chi connectivity index (χ1v) is 7.70. The van der Waals surface area contributed by atoms with Gasteiger partial charge in [-0.2, -0.15) is 0 Å². The molecule has 0 aliphatic heterocycles. The van der Waals surface area contributed by atoms with Crippen molar-refractivity contribution in [1.82, 2.24) is 0 Å². The lowest BCUT2D eigenvalue weighted by Gasteiger charge is -2.09. The van der Waals surface area contributed by atoms with Gasteiger partial charge in [-0.05, 0) is 28.8 Å². The van der Waals surface area contributed by atoms with Gasteiger partial charge in [0.25, 0.3) is 0 Å². The van der Waals surface area contributed by atoms with Crippen molar-refractivity contribution >= 4 is 5.71 Å². The van der Waals surface area contributed by atoms with Crippen LogP contribution in [-0.4, -0.2) is 5.71 Å². The third-order valence-electron chi connectivity index (χ3n) is 3.65. The Balaban J connectivity index is 1.66. The van der Waals surface area contributed by atoms with Crippen LogP contribution in [-0.2, 0) is 13.0 Å². The predicted octanol–water partition coefficient (Wildman–Crippen LogP) is 4.88. The smallest absolute Gasteiger partial charge is 0.120 e. The highest BCUT2D eigenvalue weighted by molar-refractivity contribution is 5.99. The van der Waals surface area contributed by atoms with Gasteiger partial charge in [0.15, 0.2) is 0 Å². The maximum Gasteiger partial charge on any atom is 0.120 e. The standard InChI is InChI=1S/C21H19NO/c22-21(14-17-8-3-1-4-9-17)19-12-7-13-20(15-19)23-16-18-10-5-2-6-11-18/h1-13,15,22H,14,16H2. The highest BCUT2D eigenvalue weighted by Crippen LogP contribution is 2.17. The molecule has 23 heavy (non-hydrogen) atoms. The van der Waals surface area contributed by atoms with E-state index in [0.29, 0.717) is 18.7 Å². The summed E-state index contributed by atoms with van der Waals surface area (Å²) in [4.78, 5) is 0. The van der Waals surface area contributed by atoms with E-state index in [2.05, 4.69) is 0 Å². The van der Waals surface area contributed by atoms with E-state index in [1.165, 1.54) is 0 Å². The Bertz CT molecular complexity index is 766. The topological polar surface area (TPSA) is 33.1 Å². The van der Waals surface area contributed by atoms with E-state index in [4.69, 9.17) is 10.1 Å². The second-order valence-corrected chi connectivity index (χ2v) is 5.44. The molecule has 3 rings (SSSR count). The van der Waals surface area contributed by atoms with Crippen LogP contribution >= 0.6 is 0 Å². The van der Waals surface area contributed by atoms with E-state index in [-0.39, 0.29) is 0 Å². The van der Waals surface area contributed by atoms with Crippen molar-refractivity contribution in [2.24, 2.45) is 0 Å². The van der Waals surface area contributed by atoms with Crippen LogP contribution in [0.15, 0.2) is 84.9 Å². The monoisotopic (exact) mass is 301 g/mol. The van der Waals surface area contributed by atoms with Crippen LogP contribution in [0.25, 0.3) is 0 Å². The summed E-state index contributed by atoms with van der Waals surface area (Å²) in [6, 6.07) is 27.9. The third kappa shape index (κ3) is 4.30. The molecule has 3 aromatic rings. The molecule has 3 aromatic carbocycles. The second kappa shape index (κ2) is 7.41. The number of hydrogen-bond donors (Lipinski definition) is 1. The summed E-state index contributed by atoms with van der Waals surface area (Å²) >= 11 is 0. The molecule has 0 amide bonds. The van der Waals surface area contributed by atoms with Crippen LogP contribution in [0.2, 0.25) is 0 Å². The quantitative estimate of drug-likeness (QED) is 0.647. The van der Waals surface area contributed by atoms with Crippen LogP contribution in [0.5, 0.6) is 5.75 Å². The maximum atomic E-state index is 8.30. The summed E-state index contributed by atoms with van der Waals surface area (Å²) in [5.74, 6) is 0.796. The van der Waals surface area contributed by atoms with Gasteiger partial charge in [-0.15, -0.1) is 0 Å². The van der Waals surface area contributed by atoms with E-state index >= 15 is 0 Å². The van der Waals surface area contributed by atoms with Gasteiger partial charge in [0.2, 0.25) is 0 Å². The molecule has 0 aliphatic carbocycles. The fraction of sp³-hybridized carbons (Fsp3) is 0.0952. The van der Waals surface area contributed by atoms with Gasteiger partial charge in [-0.25, -0.2) is 0 Å². The van der Waals surface area contributed by atoms with E-state index in [9.17, 15) is 0 Å². The lowest BCUT2D eigenvalue weighted by molar-refractivity contribution is 0.306. The largest absolute Gasteiger partial charge is 0.489 e. The lowest BCUT2D eigenvalue weighted by atomic mass is 10.0. The molecule has 0 radical (unpaired) electrons. The molecule has 0 bridgehead atoms. The fourth-order valence-corrected chi connectivity index (χ4v) is 2.42. The Kier molecular flexibility index (Phi) is 4.85. The summed E-state index contributed by atoms with van der Waals surface area (Å²) in [6.45, 7) is 0.538. The molecule has 0 spiro atoms. The van der Waals surface area contributed by atoms with Gasteiger partial charge in [0, 0.05) is 12.1 Å². The summed E-state index contributed by atoms with van der Waals surface area (Å²) < 4.78 is 5.84. The molecule has 2 heteroatoms. The van der Waals surface area contributed by atoms with Gasteiger partial charge in [-0.3, -0.25) is 0 Å². The van der Waals surface area contributed by atoms with Gasteiger partial charge < -0.3 is 10.1 Å². The zero-order valence-electron chi connectivity index (χ0n) is 12.9. The number of ether oxygens (including phenoxy) is 1. The van der Waals surface area contributed by atoms with Gasteiger partial charge in [-0.1, -0.05) is 72.8 Å². The Labute approximate surface area is 136 Å². The zero-order chi connectivity index (χ0) is 15.9. The van der Waals surface area contributed by atoms with Crippen molar-refractivity contribution in [2.45, 2.75) is 13.0 Å². The van der Waals surface area contributed by atoms with Gasteiger partial charge in [0.05, 0.1) is 0 Å². The molecule has 0 atom stereocenters. The van der Waals surface area contributed by atoms with Gasteiger partial charge >= 0.3 is 0 Å². The van der Waals surface area contributed by atoms with Crippen LogP contribution in [0, 0.1) is 5.41 Å². The summed E-state index contributed by atoms with van der Waals surface area (Å²) in [5, 5.41) is 8.30. The van der Waals surface area contributed by atoms with Crippen molar-refractivity contribution in [3.8, 4) is 5.75 Å². The molecule has 114 valence electrons. The van der Waals surface area contributed by atoms with E-state index in [0.717, 1.165) is 22.4 Å². The lowest BCUT2D eigenvalue weighted by Crippen LogP contribution is -2.04. The van der Waals surface area contributed by atoms with Crippen LogP contribution < -0.4 is 4.74 Å².